The molecule has 0 aliphatic heterocycles. The van der Waals surface area contributed by atoms with E-state index in [-0.39, 0.29) is 29.8 Å². The molecule has 96 valence electrons. The molecule has 18 heavy (non-hydrogen) atoms. The summed E-state index contributed by atoms with van der Waals surface area (Å²) in [4.78, 5) is 14.2. The zero-order chi connectivity index (χ0) is 13.3. The Hall–Kier alpha value is -2.05. The minimum Gasteiger partial charge on any atom is -0.481 e. The second-order valence-electron chi connectivity index (χ2n) is 3.68. The Kier molecular flexibility index (Phi) is 2.98. The van der Waals surface area contributed by atoms with E-state index in [2.05, 4.69) is 4.98 Å². The quantitative estimate of drug-likeness (QED) is 0.920. The fraction of sp³-hybridized carbons (Fsp3) is 0.273. The molecule has 0 aliphatic carbocycles. The number of rotatable bonds is 3. The van der Waals surface area contributed by atoms with Crippen LogP contribution < -0.4 is 0 Å². The summed E-state index contributed by atoms with van der Waals surface area (Å²) in [5.41, 5.74) is -0.526. The van der Waals surface area contributed by atoms with Gasteiger partial charge in [-0.2, -0.15) is 13.2 Å². The third kappa shape index (κ3) is 2.61. The van der Waals surface area contributed by atoms with E-state index in [4.69, 9.17) is 9.52 Å². The van der Waals surface area contributed by atoms with Crippen LogP contribution in [0.5, 0.6) is 0 Å². The molecule has 1 aromatic heterocycles. The normalized spacial score (nSPS) is 11.9. The molecule has 0 spiro atoms. The van der Waals surface area contributed by atoms with Crippen molar-refractivity contribution in [2.45, 2.75) is 19.0 Å². The highest BCUT2D eigenvalue weighted by Gasteiger charge is 2.30. The molecule has 7 heteroatoms. The van der Waals surface area contributed by atoms with Gasteiger partial charge in [-0.15, -0.1) is 0 Å². The van der Waals surface area contributed by atoms with Crippen molar-refractivity contribution in [3.8, 4) is 0 Å². The van der Waals surface area contributed by atoms with Crippen LogP contribution in [0.15, 0.2) is 22.6 Å². The van der Waals surface area contributed by atoms with Crippen molar-refractivity contribution in [3.05, 3.63) is 29.7 Å². The lowest BCUT2D eigenvalue weighted by Gasteiger charge is -2.04. The summed E-state index contributed by atoms with van der Waals surface area (Å²) in [7, 11) is 0. The molecule has 0 saturated carbocycles. The van der Waals surface area contributed by atoms with Crippen molar-refractivity contribution in [2.75, 3.05) is 0 Å². The van der Waals surface area contributed by atoms with Crippen molar-refractivity contribution in [3.63, 3.8) is 0 Å². The first-order valence-electron chi connectivity index (χ1n) is 5.05. The number of benzene rings is 1. The molecule has 1 aromatic carbocycles. The minimum absolute atomic E-state index is 0.0470. The van der Waals surface area contributed by atoms with Crippen molar-refractivity contribution in [1.29, 1.82) is 0 Å². The Balaban J connectivity index is 2.31. The molecule has 4 nitrogen and oxygen atoms in total. The van der Waals surface area contributed by atoms with Gasteiger partial charge in [0.2, 0.25) is 0 Å². The molecule has 0 saturated heterocycles. The molecule has 0 atom stereocenters. The van der Waals surface area contributed by atoms with E-state index in [0.29, 0.717) is 0 Å². The number of carboxylic acid groups (broad SMARTS) is 1. The van der Waals surface area contributed by atoms with Gasteiger partial charge in [0, 0.05) is 6.42 Å². The van der Waals surface area contributed by atoms with Crippen LogP contribution in [0, 0.1) is 0 Å². The van der Waals surface area contributed by atoms with Crippen molar-refractivity contribution < 1.29 is 27.5 Å². The van der Waals surface area contributed by atoms with E-state index < -0.39 is 17.7 Å². The van der Waals surface area contributed by atoms with Gasteiger partial charge in [0.05, 0.1) is 12.0 Å². The number of aryl methyl sites for hydroxylation is 1. The zero-order valence-corrected chi connectivity index (χ0v) is 8.99. The van der Waals surface area contributed by atoms with Crippen LogP contribution in [0.4, 0.5) is 13.2 Å². The van der Waals surface area contributed by atoms with Gasteiger partial charge in [0.25, 0.3) is 0 Å². The average Bonchev–Trinajstić information content (AvgIpc) is 2.66. The topological polar surface area (TPSA) is 63.3 Å². The van der Waals surface area contributed by atoms with Gasteiger partial charge in [-0.1, -0.05) is 0 Å². The van der Waals surface area contributed by atoms with Crippen LogP contribution in [0.25, 0.3) is 11.1 Å². The highest BCUT2D eigenvalue weighted by molar-refractivity contribution is 5.74. The van der Waals surface area contributed by atoms with Crippen LogP contribution in [0.3, 0.4) is 0 Å². The molecule has 0 fully saturated rings. The number of hydrogen-bond acceptors (Lipinski definition) is 3. The zero-order valence-electron chi connectivity index (χ0n) is 8.99. The Bertz CT molecular complexity index is 589. The summed E-state index contributed by atoms with van der Waals surface area (Å²) in [6, 6.07) is 2.95. The monoisotopic (exact) mass is 259 g/mol. The maximum atomic E-state index is 12.4. The lowest BCUT2D eigenvalue weighted by molar-refractivity contribution is -0.138. The van der Waals surface area contributed by atoms with Crippen LogP contribution in [0.2, 0.25) is 0 Å². The number of carbonyl (C=O) groups is 1. The van der Waals surface area contributed by atoms with E-state index in [1.165, 1.54) is 6.07 Å². The Morgan fingerprint density at radius 2 is 2.11 bits per heavy atom. The summed E-state index contributed by atoms with van der Waals surface area (Å²) in [5, 5.41) is 8.48. The molecule has 1 N–H and O–H groups in total. The Morgan fingerprint density at radius 1 is 1.39 bits per heavy atom. The van der Waals surface area contributed by atoms with Crippen molar-refractivity contribution in [1.82, 2.24) is 4.98 Å². The Labute approximate surface area is 99.0 Å². The van der Waals surface area contributed by atoms with Gasteiger partial charge in [-0.05, 0) is 18.2 Å². The summed E-state index contributed by atoms with van der Waals surface area (Å²) in [5.74, 6) is -0.903. The third-order valence-electron chi connectivity index (χ3n) is 2.31. The molecule has 0 amide bonds. The molecular weight excluding hydrogens is 251 g/mol. The Morgan fingerprint density at radius 3 is 2.72 bits per heavy atom. The molecule has 2 rings (SSSR count). The number of halogens is 3. The van der Waals surface area contributed by atoms with Crippen LogP contribution in [-0.4, -0.2) is 16.1 Å². The second kappa shape index (κ2) is 4.32. The van der Waals surface area contributed by atoms with Gasteiger partial charge in [0.15, 0.2) is 11.5 Å². The van der Waals surface area contributed by atoms with E-state index in [1.807, 2.05) is 0 Å². The van der Waals surface area contributed by atoms with Crippen LogP contribution >= 0.6 is 0 Å². The maximum Gasteiger partial charge on any atom is 0.416 e. The molecule has 2 aromatic rings. The predicted molar refractivity (Wildman–Crippen MR) is 55.0 cm³/mol. The van der Waals surface area contributed by atoms with Gasteiger partial charge < -0.3 is 9.52 Å². The first-order valence-corrected chi connectivity index (χ1v) is 5.05. The molecule has 0 aliphatic rings. The van der Waals surface area contributed by atoms with E-state index in [1.54, 1.807) is 0 Å². The van der Waals surface area contributed by atoms with Crippen LogP contribution in [0.1, 0.15) is 17.9 Å². The van der Waals surface area contributed by atoms with Crippen molar-refractivity contribution >= 4 is 17.1 Å². The fourth-order valence-electron chi connectivity index (χ4n) is 1.47. The molecular formula is C11H8F3NO3. The second-order valence-corrected chi connectivity index (χ2v) is 3.68. The molecule has 1 heterocycles. The van der Waals surface area contributed by atoms with Gasteiger partial charge >= 0.3 is 12.1 Å². The lowest BCUT2D eigenvalue weighted by Crippen LogP contribution is -2.04. The highest BCUT2D eigenvalue weighted by atomic mass is 19.4. The van der Waals surface area contributed by atoms with Gasteiger partial charge in [-0.25, -0.2) is 4.98 Å². The van der Waals surface area contributed by atoms with Crippen LogP contribution in [-0.2, 0) is 17.4 Å². The number of aliphatic carboxylic acids is 1. The van der Waals surface area contributed by atoms with Crippen molar-refractivity contribution in [2.24, 2.45) is 0 Å². The van der Waals surface area contributed by atoms with E-state index in [0.717, 1.165) is 12.1 Å². The number of aromatic nitrogens is 1. The summed E-state index contributed by atoms with van der Waals surface area (Å²) in [6.07, 6.45) is -4.57. The van der Waals surface area contributed by atoms with E-state index in [9.17, 15) is 18.0 Å². The SMILES string of the molecule is O=C(O)CCc1nc2cc(C(F)(F)F)ccc2o1. The summed E-state index contributed by atoms with van der Waals surface area (Å²) < 4.78 is 42.5. The maximum absolute atomic E-state index is 12.4. The average molecular weight is 259 g/mol. The predicted octanol–water partition coefficient (Wildman–Crippen LogP) is 2.86. The molecule has 0 unspecified atom stereocenters. The number of carboxylic acids is 1. The first-order chi connectivity index (χ1) is 8.36. The smallest absolute Gasteiger partial charge is 0.416 e. The number of nitrogens with zero attached hydrogens (tertiary/aromatic N) is 1. The number of fused-ring (bicyclic) bond motifs is 1. The van der Waals surface area contributed by atoms with E-state index >= 15 is 0 Å². The molecule has 0 bridgehead atoms. The summed E-state index contributed by atoms with van der Waals surface area (Å²) in [6.45, 7) is 0. The third-order valence-corrected chi connectivity index (χ3v) is 2.31. The number of hydrogen-bond donors (Lipinski definition) is 1. The number of oxazole rings is 1. The van der Waals surface area contributed by atoms with Gasteiger partial charge in [0.1, 0.15) is 5.52 Å². The number of alkyl halides is 3. The minimum atomic E-state index is -4.44. The lowest BCUT2D eigenvalue weighted by atomic mass is 10.2. The highest BCUT2D eigenvalue weighted by Crippen LogP contribution is 2.31. The largest absolute Gasteiger partial charge is 0.481 e. The fourth-order valence-corrected chi connectivity index (χ4v) is 1.47. The van der Waals surface area contributed by atoms with Gasteiger partial charge in [-0.3, -0.25) is 4.79 Å². The standard InChI is InChI=1S/C11H8F3NO3/c12-11(13,14)6-1-2-8-7(5-6)15-9(18-8)3-4-10(16)17/h1-2,5H,3-4H2,(H,16,17). The first kappa shape index (κ1) is 12.4. The summed E-state index contributed by atoms with van der Waals surface area (Å²) >= 11 is 0. The molecule has 0 radical (unpaired) electrons.